The second-order valence-electron chi connectivity index (χ2n) is 8.26. The highest BCUT2D eigenvalue weighted by molar-refractivity contribution is 7.13. The molecule has 4 aromatic rings. The highest BCUT2D eigenvalue weighted by atomic mass is 32.1. The number of rotatable bonds is 7. The Morgan fingerprint density at radius 3 is 2.49 bits per heavy atom. The van der Waals surface area contributed by atoms with E-state index in [1.807, 2.05) is 58.7 Å². The number of hydrogen-bond acceptors (Lipinski definition) is 5. The fraction of sp³-hybridized carbons (Fsp3) is 0.154. The van der Waals surface area contributed by atoms with E-state index >= 15 is 0 Å². The Morgan fingerprint density at radius 1 is 1.06 bits per heavy atom. The van der Waals surface area contributed by atoms with Crippen LogP contribution in [0.2, 0.25) is 0 Å². The second kappa shape index (κ2) is 9.55. The van der Waals surface area contributed by atoms with Crippen molar-refractivity contribution in [1.82, 2.24) is 24.9 Å². The van der Waals surface area contributed by atoms with Crippen LogP contribution in [-0.2, 0) is 17.9 Å². The number of carbonyl (C=O) groups is 3. The molecule has 2 aromatic heterocycles. The summed E-state index contributed by atoms with van der Waals surface area (Å²) in [5, 5.41) is 9.32. The summed E-state index contributed by atoms with van der Waals surface area (Å²) < 4.78 is 1.84. The normalized spacial score (nSPS) is 13.2. The van der Waals surface area contributed by atoms with Crippen LogP contribution < -0.4 is 5.32 Å². The van der Waals surface area contributed by atoms with Gasteiger partial charge in [0.05, 0.1) is 23.7 Å². The summed E-state index contributed by atoms with van der Waals surface area (Å²) in [6, 6.07) is 20.5. The van der Waals surface area contributed by atoms with Gasteiger partial charge in [0.25, 0.3) is 5.91 Å². The smallest absolute Gasteiger partial charge is 0.324 e. The van der Waals surface area contributed by atoms with E-state index in [1.165, 1.54) is 4.90 Å². The van der Waals surface area contributed by atoms with Crippen LogP contribution in [0.5, 0.6) is 0 Å². The van der Waals surface area contributed by atoms with Gasteiger partial charge in [0, 0.05) is 30.9 Å². The van der Waals surface area contributed by atoms with Crippen LogP contribution >= 0.6 is 11.3 Å². The zero-order chi connectivity index (χ0) is 24.4. The molecule has 1 saturated heterocycles. The van der Waals surface area contributed by atoms with Crippen LogP contribution in [0.1, 0.15) is 21.5 Å². The van der Waals surface area contributed by atoms with Crippen molar-refractivity contribution in [3.63, 3.8) is 0 Å². The Bertz CT molecular complexity index is 1350. The fourth-order valence-corrected chi connectivity index (χ4v) is 4.70. The molecule has 0 spiro atoms. The van der Waals surface area contributed by atoms with Crippen molar-refractivity contribution in [3.05, 3.63) is 95.0 Å². The predicted molar refractivity (Wildman–Crippen MR) is 133 cm³/mol. The molecule has 3 heterocycles. The topological polar surface area (TPSA) is 87.5 Å². The van der Waals surface area contributed by atoms with Crippen molar-refractivity contribution in [2.24, 2.45) is 0 Å². The lowest BCUT2D eigenvalue weighted by Crippen LogP contribution is -2.30. The van der Waals surface area contributed by atoms with Gasteiger partial charge >= 0.3 is 6.03 Å². The summed E-state index contributed by atoms with van der Waals surface area (Å²) in [6.45, 7) is 0.593. The monoisotopic (exact) mass is 485 g/mol. The molecule has 4 amide bonds. The van der Waals surface area contributed by atoms with Crippen molar-refractivity contribution < 1.29 is 14.4 Å². The molecule has 1 N–H and O–H groups in total. The standard InChI is InChI=1S/C26H23N5O3S/c1-29(25(33)19-11-9-18(10-12-19)15-30-23(32)14-27-26(30)34)16-20-17-31(21-6-3-2-4-7-21)28-24(20)22-8-5-13-35-22/h2-13,17H,14-16H2,1H3,(H,27,34). The van der Waals surface area contributed by atoms with Gasteiger partial charge in [0.2, 0.25) is 5.91 Å². The van der Waals surface area contributed by atoms with Crippen molar-refractivity contribution in [3.8, 4) is 16.3 Å². The Hall–Kier alpha value is -4.24. The Morgan fingerprint density at radius 2 is 1.83 bits per heavy atom. The van der Waals surface area contributed by atoms with Crippen LogP contribution in [0.25, 0.3) is 16.3 Å². The van der Waals surface area contributed by atoms with Crippen LogP contribution in [0.3, 0.4) is 0 Å². The summed E-state index contributed by atoms with van der Waals surface area (Å²) in [6.07, 6.45) is 1.97. The summed E-state index contributed by atoms with van der Waals surface area (Å²) >= 11 is 1.61. The Kier molecular flexibility index (Phi) is 6.15. The van der Waals surface area contributed by atoms with Crippen molar-refractivity contribution in [1.29, 1.82) is 0 Å². The van der Waals surface area contributed by atoms with E-state index in [4.69, 9.17) is 5.10 Å². The van der Waals surface area contributed by atoms with Gasteiger partial charge in [-0.15, -0.1) is 11.3 Å². The number of para-hydroxylation sites is 1. The average Bonchev–Trinajstić information content (AvgIpc) is 3.62. The van der Waals surface area contributed by atoms with Crippen LogP contribution in [0, 0.1) is 0 Å². The quantitative estimate of drug-likeness (QED) is 0.402. The highest BCUT2D eigenvalue weighted by Crippen LogP contribution is 2.29. The molecule has 9 heteroatoms. The maximum atomic E-state index is 13.2. The number of nitrogens with zero attached hydrogens (tertiary/aromatic N) is 4. The van der Waals surface area contributed by atoms with Gasteiger partial charge in [-0.2, -0.15) is 5.10 Å². The van der Waals surface area contributed by atoms with Gasteiger partial charge in [-0.3, -0.25) is 14.5 Å². The maximum Gasteiger partial charge on any atom is 0.324 e. The lowest BCUT2D eigenvalue weighted by atomic mass is 10.1. The third-order valence-corrected chi connectivity index (χ3v) is 6.67. The number of urea groups is 1. The van der Waals surface area contributed by atoms with E-state index in [9.17, 15) is 14.4 Å². The van der Waals surface area contributed by atoms with E-state index in [2.05, 4.69) is 5.32 Å². The number of amides is 4. The minimum Gasteiger partial charge on any atom is -0.337 e. The molecule has 0 saturated carbocycles. The summed E-state index contributed by atoms with van der Waals surface area (Å²) in [4.78, 5) is 40.6. The first kappa shape index (κ1) is 22.5. The number of carbonyl (C=O) groups excluding carboxylic acids is 3. The molecule has 35 heavy (non-hydrogen) atoms. The average molecular weight is 486 g/mol. The molecule has 1 fully saturated rings. The van der Waals surface area contributed by atoms with Crippen molar-refractivity contribution in [2.45, 2.75) is 13.1 Å². The molecular formula is C26H23N5O3S. The number of hydrogen-bond donors (Lipinski definition) is 1. The van der Waals surface area contributed by atoms with Crippen molar-refractivity contribution in [2.75, 3.05) is 13.6 Å². The van der Waals surface area contributed by atoms with E-state index in [1.54, 1.807) is 47.5 Å². The molecule has 0 aliphatic carbocycles. The van der Waals surface area contributed by atoms with E-state index in [0.29, 0.717) is 12.1 Å². The SMILES string of the molecule is CN(Cc1cn(-c2ccccc2)nc1-c1cccs1)C(=O)c1ccc(CN2C(=O)CNC2=O)cc1. The molecule has 5 rings (SSSR count). The summed E-state index contributed by atoms with van der Waals surface area (Å²) in [5.74, 6) is -0.386. The lowest BCUT2D eigenvalue weighted by molar-refractivity contribution is -0.125. The molecule has 0 atom stereocenters. The van der Waals surface area contributed by atoms with Gasteiger partial charge in [-0.05, 0) is 41.3 Å². The zero-order valence-electron chi connectivity index (χ0n) is 19.0. The number of benzene rings is 2. The maximum absolute atomic E-state index is 13.2. The molecule has 1 aliphatic heterocycles. The third kappa shape index (κ3) is 4.71. The molecule has 8 nitrogen and oxygen atoms in total. The van der Waals surface area contributed by atoms with Gasteiger partial charge in [0.15, 0.2) is 0 Å². The number of thiophene rings is 1. The van der Waals surface area contributed by atoms with Crippen LogP contribution in [-0.4, -0.2) is 51.0 Å². The minimum absolute atomic E-state index is 0.0223. The number of imide groups is 1. The molecular weight excluding hydrogens is 462 g/mol. The zero-order valence-corrected chi connectivity index (χ0v) is 19.9. The number of aromatic nitrogens is 2. The predicted octanol–water partition coefficient (Wildman–Crippen LogP) is 3.92. The first-order chi connectivity index (χ1) is 17.0. The fourth-order valence-electron chi connectivity index (χ4n) is 3.96. The van der Waals surface area contributed by atoms with E-state index in [0.717, 1.165) is 27.4 Å². The van der Waals surface area contributed by atoms with Crippen molar-refractivity contribution >= 4 is 29.2 Å². The van der Waals surface area contributed by atoms with Gasteiger partial charge in [0.1, 0.15) is 5.69 Å². The van der Waals surface area contributed by atoms with Crippen LogP contribution in [0.15, 0.2) is 78.3 Å². The Labute approximate surface area is 206 Å². The first-order valence-corrected chi connectivity index (χ1v) is 12.0. The molecule has 1 aliphatic rings. The largest absolute Gasteiger partial charge is 0.337 e. The Balaban J connectivity index is 1.33. The second-order valence-corrected chi connectivity index (χ2v) is 9.20. The highest BCUT2D eigenvalue weighted by Gasteiger charge is 2.28. The lowest BCUT2D eigenvalue weighted by Gasteiger charge is -2.18. The molecule has 0 bridgehead atoms. The van der Waals surface area contributed by atoms with E-state index in [-0.39, 0.29) is 24.9 Å². The molecule has 176 valence electrons. The summed E-state index contributed by atoms with van der Waals surface area (Å²) in [7, 11) is 1.77. The molecule has 0 radical (unpaired) electrons. The van der Waals surface area contributed by atoms with E-state index < -0.39 is 6.03 Å². The summed E-state index contributed by atoms with van der Waals surface area (Å²) in [5.41, 5.74) is 4.06. The minimum atomic E-state index is -0.396. The molecule has 2 aromatic carbocycles. The van der Waals surface area contributed by atoms with Gasteiger partial charge in [-0.1, -0.05) is 36.4 Å². The van der Waals surface area contributed by atoms with Gasteiger partial charge in [-0.25, -0.2) is 9.48 Å². The van der Waals surface area contributed by atoms with Crippen LogP contribution in [0.4, 0.5) is 4.79 Å². The number of nitrogens with one attached hydrogen (secondary N) is 1. The van der Waals surface area contributed by atoms with Gasteiger partial charge < -0.3 is 10.2 Å². The first-order valence-electron chi connectivity index (χ1n) is 11.1. The third-order valence-electron chi connectivity index (χ3n) is 5.80. The molecule has 0 unspecified atom stereocenters.